The summed E-state index contributed by atoms with van der Waals surface area (Å²) in [5.74, 6) is 2.22. The van der Waals surface area contributed by atoms with E-state index in [-0.39, 0.29) is 0 Å². The molecule has 142 valence electrons. The zero-order chi connectivity index (χ0) is 18.6. The average molecular weight is 467 g/mol. The number of nitrogens with one attached hydrogen (secondary N) is 1. The van der Waals surface area contributed by atoms with Crippen LogP contribution in [-0.2, 0) is 4.74 Å². The van der Waals surface area contributed by atoms with E-state index >= 15 is 0 Å². The number of aliphatic imine (C=N–C) groups is 1. The van der Waals surface area contributed by atoms with Gasteiger partial charge in [0.2, 0.25) is 17.1 Å². The summed E-state index contributed by atoms with van der Waals surface area (Å²) in [6.45, 7) is 5.83. The molecule has 0 unspecified atom stereocenters. The second kappa shape index (κ2) is 8.76. The van der Waals surface area contributed by atoms with E-state index in [1.807, 2.05) is 6.07 Å². The Bertz CT molecular complexity index is 859. The third-order valence-corrected chi connectivity index (χ3v) is 6.70. The maximum atomic E-state index is 5.45. The smallest absolute Gasteiger partial charge is 0.233 e. The molecule has 1 saturated heterocycles. The quantitative estimate of drug-likeness (QED) is 0.730. The summed E-state index contributed by atoms with van der Waals surface area (Å²) < 4.78 is 7.43. The molecule has 1 N–H and O–H groups in total. The fraction of sp³-hybridized carbons (Fsp3) is 0.412. The first kappa shape index (κ1) is 19.0. The van der Waals surface area contributed by atoms with Gasteiger partial charge in [-0.1, -0.05) is 17.8 Å². The third kappa shape index (κ3) is 4.92. The molecule has 3 heterocycles. The Kier molecular flexibility index (Phi) is 6.16. The minimum absolute atomic E-state index is 0.530. The lowest BCUT2D eigenvalue weighted by Crippen LogP contribution is -2.37. The number of morpholine rings is 1. The fourth-order valence-corrected chi connectivity index (χ4v) is 5.06. The predicted octanol–water partition coefficient (Wildman–Crippen LogP) is 3.72. The first-order chi connectivity index (χ1) is 13.2. The lowest BCUT2D eigenvalue weighted by Gasteiger charge is -2.27. The van der Waals surface area contributed by atoms with Gasteiger partial charge in [0.1, 0.15) is 4.38 Å². The van der Waals surface area contributed by atoms with Crippen molar-refractivity contribution in [3.05, 3.63) is 28.2 Å². The molecule has 0 saturated carbocycles. The van der Waals surface area contributed by atoms with E-state index < -0.39 is 0 Å². The van der Waals surface area contributed by atoms with Gasteiger partial charge in [-0.15, -0.1) is 0 Å². The molecule has 0 bridgehead atoms. The van der Waals surface area contributed by atoms with Crippen molar-refractivity contribution in [1.82, 2.24) is 15.0 Å². The number of hydrogen-bond donors (Lipinski definition) is 1. The van der Waals surface area contributed by atoms with Crippen LogP contribution >= 0.6 is 39.5 Å². The number of benzene rings is 1. The second-order valence-electron chi connectivity index (χ2n) is 6.05. The number of anilines is 3. The van der Waals surface area contributed by atoms with E-state index in [2.05, 4.69) is 65.1 Å². The van der Waals surface area contributed by atoms with Crippen molar-refractivity contribution in [2.45, 2.75) is 12.1 Å². The molecule has 7 nitrogen and oxygen atoms in total. The first-order valence-electron chi connectivity index (χ1n) is 8.64. The molecule has 2 aliphatic rings. The summed E-state index contributed by atoms with van der Waals surface area (Å²) in [5.41, 5.74) is 2.10. The van der Waals surface area contributed by atoms with Gasteiger partial charge < -0.3 is 15.0 Å². The summed E-state index contributed by atoms with van der Waals surface area (Å²) in [5, 5.41) is 3.97. The molecule has 1 fully saturated rings. The van der Waals surface area contributed by atoms with Crippen molar-refractivity contribution >= 4 is 61.4 Å². The number of nitrogens with zero attached hydrogens (tertiary/aromatic N) is 5. The van der Waals surface area contributed by atoms with E-state index in [1.54, 1.807) is 11.8 Å². The summed E-state index contributed by atoms with van der Waals surface area (Å²) in [6.07, 6.45) is 0. The molecule has 1 aromatic heterocycles. The Hall–Kier alpha value is -1.36. The molecule has 0 atom stereocenters. The highest BCUT2D eigenvalue weighted by molar-refractivity contribution is 9.10. The zero-order valence-electron chi connectivity index (χ0n) is 14.8. The van der Waals surface area contributed by atoms with Gasteiger partial charge in [0.25, 0.3) is 0 Å². The number of halogens is 1. The maximum Gasteiger partial charge on any atom is 0.233 e. The standard InChI is InChI=1S/C17H19BrN6OS2/c1-11-2-3-13(12(18)10-11)20-14-21-15(24-5-7-25-8-6-24)23-16(22-14)27-17-19-4-9-26-17/h2-3,10H,4-9H2,1H3,(H,20,21,22,23). The highest BCUT2D eigenvalue weighted by atomic mass is 79.9. The molecule has 2 aliphatic heterocycles. The summed E-state index contributed by atoms with van der Waals surface area (Å²) >= 11 is 6.85. The molecule has 0 aliphatic carbocycles. The third-order valence-electron chi connectivity index (χ3n) is 4.00. The van der Waals surface area contributed by atoms with Crippen molar-refractivity contribution in [1.29, 1.82) is 0 Å². The van der Waals surface area contributed by atoms with Crippen LogP contribution < -0.4 is 10.2 Å². The lowest BCUT2D eigenvalue weighted by molar-refractivity contribution is 0.122. The van der Waals surface area contributed by atoms with Gasteiger partial charge in [0.15, 0.2) is 0 Å². The van der Waals surface area contributed by atoms with Crippen LogP contribution in [0.3, 0.4) is 0 Å². The van der Waals surface area contributed by atoms with Crippen LogP contribution in [0.5, 0.6) is 0 Å². The number of hydrogen-bond acceptors (Lipinski definition) is 9. The Morgan fingerprint density at radius 2 is 2.07 bits per heavy atom. The number of aryl methyl sites for hydroxylation is 1. The van der Waals surface area contributed by atoms with Crippen LogP contribution in [0.4, 0.5) is 17.6 Å². The fourth-order valence-electron chi connectivity index (χ4n) is 2.65. The van der Waals surface area contributed by atoms with E-state index in [0.29, 0.717) is 30.3 Å². The van der Waals surface area contributed by atoms with Crippen molar-refractivity contribution in [3.63, 3.8) is 0 Å². The van der Waals surface area contributed by atoms with Gasteiger partial charge in [-0.25, -0.2) is 0 Å². The zero-order valence-corrected chi connectivity index (χ0v) is 18.0. The molecule has 4 rings (SSSR count). The molecule has 10 heteroatoms. The van der Waals surface area contributed by atoms with Crippen molar-refractivity contribution in [3.8, 4) is 0 Å². The van der Waals surface area contributed by atoms with Gasteiger partial charge in [0, 0.05) is 23.3 Å². The highest BCUT2D eigenvalue weighted by Crippen LogP contribution is 2.30. The second-order valence-corrected chi connectivity index (χ2v) is 9.20. The molecule has 1 aromatic carbocycles. The van der Waals surface area contributed by atoms with Crippen LogP contribution in [0, 0.1) is 6.92 Å². The lowest BCUT2D eigenvalue weighted by atomic mass is 10.2. The van der Waals surface area contributed by atoms with Crippen molar-refractivity contribution in [2.75, 3.05) is 48.8 Å². The first-order valence-corrected chi connectivity index (χ1v) is 11.2. The van der Waals surface area contributed by atoms with Gasteiger partial charge >= 0.3 is 0 Å². The molecule has 2 aromatic rings. The SMILES string of the molecule is Cc1ccc(Nc2nc(SC3=NCCS3)nc(N3CCOCC3)n2)c(Br)c1. The van der Waals surface area contributed by atoms with Crippen LogP contribution in [0.2, 0.25) is 0 Å². The summed E-state index contributed by atoms with van der Waals surface area (Å²) in [4.78, 5) is 20.5. The molecule has 27 heavy (non-hydrogen) atoms. The van der Waals surface area contributed by atoms with Crippen molar-refractivity contribution < 1.29 is 4.74 Å². The average Bonchev–Trinajstić information content (AvgIpc) is 3.18. The van der Waals surface area contributed by atoms with Gasteiger partial charge in [-0.3, -0.25) is 4.99 Å². The van der Waals surface area contributed by atoms with E-state index in [1.165, 1.54) is 17.3 Å². The molecule has 0 amide bonds. The molecular formula is C17H19BrN6OS2. The maximum absolute atomic E-state index is 5.45. The number of ether oxygens (including phenoxy) is 1. The van der Waals surface area contributed by atoms with Crippen LogP contribution in [-0.4, -0.2) is 57.9 Å². The Morgan fingerprint density at radius 1 is 1.22 bits per heavy atom. The molecule has 0 radical (unpaired) electrons. The minimum atomic E-state index is 0.530. The van der Waals surface area contributed by atoms with Crippen LogP contribution in [0.15, 0.2) is 32.8 Å². The van der Waals surface area contributed by atoms with Crippen molar-refractivity contribution in [2.24, 2.45) is 4.99 Å². The van der Waals surface area contributed by atoms with E-state index in [0.717, 1.165) is 39.9 Å². The topological polar surface area (TPSA) is 75.5 Å². The highest BCUT2D eigenvalue weighted by Gasteiger charge is 2.19. The van der Waals surface area contributed by atoms with Gasteiger partial charge in [-0.05, 0) is 52.3 Å². The van der Waals surface area contributed by atoms with E-state index in [4.69, 9.17) is 4.74 Å². The number of rotatable bonds is 4. The Labute approximate surface area is 174 Å². The minimum Gasteiger partial charge on any atom is -0.378 e. The van der Waals surface area contributed by atoms with Gasteiger partial charge in [0.05, 0.1) is 25.4 Å². The van der Waals surface area contributed by atoms with Gasteiger partial charge in [-0.2, -0.15) is 15.0 Å². The predicted molar refractivity (Wildman–Crippen MR) is 116 cm³/mol. The monoisotopic (exact) mass is 466 g/mol. The molecule has 0 spiro atoms. The Balaban J connectivity index is 1.63. The normalized spacial score (nSPS) is 17.1. The Morgan fingerprint density at radius 3 is 2.81 bits per heavy atom. The molecular weight excluding hydrogens is 448 g/mol. The summed E-state index contributed by atoms with van der Waals surface area (Å²) in [7, 11) is 0. The van der Waals surface area contributed by atoms with Crippen LogP contribution in [0.25, 0.3) is 0 Å². The number of thioether (sulfide) groups is 2. The number of aromatic nitrogens is 3. The van der Waals surface area contributed by atoms with E-state index in [9.17, 15) is 0 Å². The largest absolute Gasteiger partial charge is 0.378 e. The summed E-state index contributed by atoms with van der Waals surface area (Å²) in [6, 6.07) is 6.13. The van der Waals surface area contributed by atoms with Crippen LogP contribution in [0.1, 0.15) is 5.56 Å².